The molecule has 0 spiro atoms. The second kappa shape index (κ2) is 5.98. The molecule has 4 aromatic carbocycles. The van der Waals surface area contributed by atoms with Gasteiger partial charge in [-0.3, -0.25) is 0 Å². The number of benzene rings is 4. The van der Waals surface area contributed by atoms with Gasteiger partial charge < -0.3 is 0 Å². The molecular formula is C24H20. The van der Waals surface area contributed by atoms with E-state index in [1.807, 2.05) is 0 Å². The first-order valence-corrected chi connectivity index (χ1v) is 8.38. The summed E-state index contributed by atoms with van der Waals surface area (Å²) >= 11 is 0. The summed E-state index contributed by atoms with van der Waals surface area (Å²) in [6.07, 6.45) is 0. The Morgan fingerprint density at radius 2 is 0.917 bits per heavy atom. The van der Waals surface area contributed by atoms with Gasteiger partial charge in [0, 0.05) is 0 Å². The van der Waals surface area contributed by atoms with Crippen molar-refractivity contribution in [3.8, 4) is 22.3 Å². The topological polar surface area (TPSA) is 0 Å². The van der Waals surface area contributed by atoms with Crippen molar-refractivity contribution in [3.63, 3.8) is 0 Å². The van der Waals surface area contributed by atoms with Crippen molar-refractivity contribution >= 4 is 10.8 Å². The van der Waals surface area contributed by atoms with Gasteiger partial charge in [0.1, 0.15) is 0 Å². The van der Waals surface area contributed by atoms with E-state index in [9.17, 15) is 0 Å². The average molecular weight is 308 g/mol. The highest BCUT2D eigenvalue weighted by Crippen LogP contribution is 2.38. The number of aryl methyl sites for hydroxylation is 2. The van der Waals surface area contributed by atoms with Crippen LogP contribution in [0.1, 0.15) is 11.1 Å². The number of hydrogen-bond acceptors (Lipinski definition) is 0. The highest BCUT2D eigenvalue weighted by atomic mass is 14.2. The minimum absolute atomic E-state index is 1.27. The molecule has 0 atom stereocenters. The fraction of sp³-hybridized carbons (Fsp3) is 0.0833. The Balaban J connectivity index is 2.13. The number of rotatable bonds is 2. The molecule has 0 bridgehead atoms. The van der Waals surface area contributed by atoms with Gasteiger partial charge in [0.15, 0.2) is 0 Å². The summed E-state index contributed by atoms with van der Waals surface area (Å²) < 4.78 is 0. The maximum absolute atomic E-state index is 2.30. The van der Waals surface area contributed by atoms with Gasteiger partial charge in [0.05, 0.1) is 0 Å². The zero-order valence-electron chi connectivity index (χ0n) is 14.1. The number of hydrogen-bond donors (Lipinski definition) is 0. The maximum Gasteiger partial charge on any atom is -0.00264 e. The Hall–Kier alpha value is -2.86. The lowest BCUT2D eigenvalue weighted by Crippen LogP contribution is -1.89. The summed E-state index contributed by atoms with van der Waals surface area (Å²) in [4.78, 5) is 0. The van der Waals surface area contributed by atoms with Crippen LogP contribution in [-0.4, -0.2) is 0 Å². The summed E-state index contributed by atoms with van der Waals surface area (Å²) in [5.41, 5.74) is 7.75. The molecule has 24 heavy (non-hydrogen) atoms. The third-order valence-corrected chi connectivity index (χ3v) is 4.51. The lowest BCUT2D eigenvalue weighted by molar-refractivity contribution is 1.46. The summed E-state index contributed by atoms with van der Waals surface area (Å²) in [7, 11) is 0. The number of fused-ring (bicyclic) bond motifs is 1. The molecular weight excluding hydrogens is 288 g/mol. The second-order valence-electron chi connectivity index (χ2n) is 6.46. The average Bonchev–Trinajstić information content (AvgIpc) is 2.61. The smallest absolute Gasteiger partial charge is 0.00264 e. The summed E-state index contributed by atoms with van der Waals surface area (Å²) in [5.74, 6) is 0. The minimum Gasteiger partial charge on any atom is -0.0622 e. The van der Waals surface area contributed by atoms with E-state index in [2.05, 4.69) is 98.8 Å². The van der Waals surface area contributed by atoms with Crippen LogP contribution in [-0.2, 0) is 0 Å². The first-order chi connectivity index (χ1) is 11.7. The van der Waals surface area contributed by atoms with Crippen LogP contribution in [0.4, 0.5) is 0 Å². The van der Waals surface area contributed by atoms with Gasteiger partial charge in [-0.1, -0.05) is 84.9 Å². The highest BCUT2D eigenvalue weighted by molar-refractivity contribution is 6.07. The van der Waals surface area contributed by atoms with Gasteiger partial charge in [0.2, 0.25) is 0 Å². The van der Waals surface area contributed by atoms with Crippen molar-refractivity contribution < 1.29 is 0 Å². The van der Waals surface area contributed by atoms with Crippen molar-refractivity contribution in [3.05, 3.63) is 96.1 Å². The van der Waals surface area contributed by atoms with Gasteiger partial charge in [-0.25, -0.2) is 0 Å². The van der Waals surface area contributed by atoms with Crippen molar-refractivity contribution in [1.29, 1.82) is 0 Å². The molecule has 0 saturated carbocycles. The molecule has 0 aliphatic heterocycles. The molecule has 0 aliphatic rings. The highest BCUT2D eigenvalue weighted by Gasteiger charge is 2.11. The minimum atomic E-state index is 1.27. The molecule has 116 valence electrons. The van der Waals surface area contributed by atoms with Crippen molar-refractivity contribution in [2.75, 3.05) is 0 Å². The molecule has 0 aromatic heterocycles. The van der Waals surface area contributed by atoms with Gasteiger partial charge in [-0.2, -0.15) is 0 Å². The quantitative estimate of drug-likeness (QED) is 0.382. The van der Waals surface area contributed by atoms with E-state index >= 15 is 0 Å². The van der Waals surface area contributed by atoms with Crippen LogP contribution < -0.4 is 0 Å². The molecule has 4 aromatic rings. The Kier molecular flexibility index (Phi) is 3.66. The largest absolute Gasteiger partial charge is 0.0622 e. The molecule has 0 fully saturated rings. The third kappa shape index (κ3) is 2.61. The van der Waals surface area contributed by atoms with Gasteiger partial charge in [-0.05, 0) is 58.0 Å². The molecule has 0 unspecified atom stereocenters. The first kappa shape index (κ1) is 14.7. The van der Waals surface area contributed by atoms with Crippen LogP contribution in [0.3, 0.4) is 0 Å². The monoisotopic (exact) mass is 308 g/mol. The van der Waals surface area contributed by atoms with Gasteiger partial charge in [0.25, 0.3) is 0 Å². The Bertz CT molecular complexity index is 916. The van der Waals surface area contributed by atoms with E-state index in [-0.39, 0.29) is 0 Å². The van der Waals surface area contributed by atoms with E-state index in [0.29, 0.717) is 0 Å². The zero-order chi connectivity index (χ0) is 16.5. The summed E-state index contributed by atoms with van der Waals surface area (Å²) in [6, 6.07) is 30.6. The molecule has 0 saturated heterocycles. The molecule has 0 nitrogen and oxygen atoms in total. The van der Waals surface area contributed by atoms with Gasteiger partial charge in [-0.15, -0.1) is 0 Å². The van der Waals surface area contributed by atoms with E-state index in [1.165, 1.54) is 44.2 Å². The lowest BCUT2D eigenvalue weighted by Gasteiger charge is -2.15. The molecule has 4 rings (SSSR count). The molecule has 0 radical (unpaired) electrons. The first-order valence-electron chi connectivity index (χ1n) is 8.38. The SMILES string of the molecule is Cc1cc(-c2ccccc2)c2c(-c3ccccc3)cc(C)cc2c1. The van der Waals surface area contributed by atoms with Crippen LogP contribution in [0, 0.1) is 13.8 Å². The molecule has 0 N–H and O–H groups in total. The van der Waals surface area contributed by atoms with Crippen molar-refractivity contribution in [2.24, 2.45) is 0 Å². The molecule has 0 heterocycles. The van der Waals surface area contributed by atoms with Crippen LogP contribution in [0.2, 0.25) is 0 Å². The van der Waals surface area contributed by atoms with Crippen molar-refractivity contribution in [1.82, 2.24) is 0 Å². The predicted octanol–water partition coefficient (Wildman–Crippen LogP) is 6.79. The predicted molar refractivity (Wildman–Crippen MR) is 104 cm³/mol. The van der Waals surface area contributed by atoms with E-state index in [0.717, 1.165) is 0 Å². The Morgan fingerprint density at radius 1 is 0.500 bits per heavy atom. The van der Waals surface area contributed by atoms with Gasteiger partial charge >= 0.3 is 0 Å². The zero-order valence-corrected chi connectivity index (χ0v) is 14.1. The molecule has 0 amide bonds. The van der Waals surface area contributed by atoms with Crippen LogP contribution in [0.5, 0.6) is 0 Å². The fourth-order valence-electron chi connectivity index (χ4n) is 3.51. The normalized spacial score (nSPS) is 10.9. The lowest BCUT2D eigenvalue weighted by atomic mass is 9.89. The molecule has 0 aliphatic carbocycles. The third-order valence-electron chi connectivity index (χ3n) is 4.51. The second-order valence-corrected chi connectivity index (χ2v) is 6.46. The summed E-state index contributed by atoms with van der Waals surface area (Å²) in [5, 5.41) is 2.65. The molecule has 0 heteroatoms. The van der Waals surface area contributed by atoms with Crippen LogP contribution in [0.15, 0.2) is 84.9 Å². The van der Waals surface area contributed by atoms with E-state index < -0.39 is 0 Å². The van der Waals surface area contributed by atoms with Crippen LogP contribution in [0.25, 0.3) is 33.0 Å². The van der Waals surface area contributed by atoms with Crippen LogP contribution >= 0.6 is 0 Å². The fourth-order valence-corrected chi connectivity index (χ4v) is 3.51. The van der Waals surface area contributed by atoms with E-state index in [1.54, 1.807) is 0 Å². The summed E-state index contributed by atoms with van der Waals surface area (Å²) in [6.45, 7) is 4.35. The van der Waals surface area contributed by atoms with Crippen molar-refractivity contribution in [2.45, 2.75) is 13.8 Å². The Labute approximate surface area is 143 Å². The maximum atomic E-state index is 2.30. The Morgan fingerprint density at radius 3 is 1.33 bits per heavy atom. The van der Waals surface area contributed by atoms with E-state index in [4.69, 9.17) is 0 Å². The standard InChI is InChI=1S/C24H20/c1-17-13-21-14-18(2)16-23(20-11-7-4-8-12-20)24(21)22(15-17)19-9-5-3-6-10-19/h3-16H,1-2H3.